The average Bonchev–Trinajstić information content (AvgIpc) is 2.49. The molecule has 1 aliphatic rings. The van der Waals surface area contributed by atoms with Gasteiger partial charge in [0.05, 0.1) is 0 Å². The number of rotatable bonds is 10. The fraction of sp³-hybridized carbons (Fsp3) is 1.00. The summed E-state index contributed by atoms with van der Waals surface area (Å²) in [6, 6.07) is 1.52. The Labute approximate surface area is 127 Å². The van der Waals surface area contributed by atoms with Crippen LogP contribution in [-0.2, 0) is 0 Å². The van der Waals surface area contributed by atoms with Crippen LogP contribution >= 0.6 is 0 Å². The van der Waals surface area contributed by atoms with Gasteiger partial charge in [-0.15, -0.1) is 0 Å². The zero-order valence-electron chi connectivity index (χ0n) is 14.3. The van der Waals surface area contributed by atoms with Crippen LogP contribution in [0.3, 0.4) is 0 Å². The van der Waals surface area contributed by atoms with E-state index in [0.29, 0.717) is 6.04 Å². The molecule has 0 aromatic carbocycles. The molecule has 1 saturated heterocycles. The lowest BCUT2D eigenvalue weighted by molar-refractivity contribution is 0.130. The topological polar surface area (TPSA) is 18.5 Å². The van der Waals surface area contributed by atoms with Crippen molar-refractivity contribution in [2.45, 2.75) is 71.4 Å². The maximum atomic E-state index is 3.58. The minimum Gasteiger partial charge on any atom is -0.314 e. The molecule has 120 valence electrons. The van der Waals surface area contributed by atoms with E-state index in [1.54, 1.807) is 0 Å². The number of likely N-dealkylation sites (tertiary alicyclic amines) is 1. The second-order valence-electron chi connectivity index (χ2n) is 6.50. The van der Waals surface area contributed by atoms with Crippen LogP contribution < -0.4 is 5.32 Å². The van der Waals surface area contributed by atoms with Crippen LogP contribution in [0.1, 0.15) is 59.3 Å². The van der Waals surface area contributed by atoms with E-state index >= 15 is 0 Å². The molecule has 1 N–H and O–H groups in total. The van der Waals surface area contributed by atoms with Crippen molar-refractivity contribution in [3.8, 4) is 0 Å². The molecule has 0 aliphatic carbocycles. The Kier molecular flexibility index (Phi) is 9.49. The first-order valence-electron chi connectivity index (χ1n) is 8.83. The zero-order chi connectivity index (χ0) is 14.8. The highest BCUT2D eigenvalue weighted by molar-refractivity contribution is 4.77. The molecule has 20 heavy (non-hydrogen) atoms. The van der Waals surface area contributed by atoms with Crippen molar-refractivity contribution in [3.63, 3.8) is 0 Å². The summed E-state index contributed by atoms with van der Waals surface area (Å²) in [7, 11) is 2.32. The third kappa shape index (κ3) is 7.05. The molecule has 0 aromatic heterocycles. The molecule has 1 atom stereocenters. The second-order valence-corrected chi connectivity index (χ2v) is 6.50. The number of hydrogen-bond acceptors (Lipinski definition) is 3. The minimum absolute atomic E-state index is 0.688. The molecule has 1 heterocycles. The number of piperidine rings is 1. The fourth-order valence-corrected chi connectivity index (χ4v) is 3.16. The van der Waals surface area contributed by atoms with Crippen LogP contribution in [0.4, 0.5) is 0 Å². The van der Waals surface area contributed by atoms with Crippen molar-refractivity contribution in [1.29, 1.82) is 0 Å². The van der Waals surface area contributed by atoms with Gasteiger partial charge in [-0.25, -0.2) is 0 Å². The summed E-state index contributed by atoms with van der Waals surface area (Å²) in [6.07, 6.45) is 7.99. The Bertz CT molecular complexity index is 224. The number of hydrogen-bond donors (Lipinski definition) is 1. The first-order valence-corrected chi connectivity index (χ1v) is 8.83. The lowest BCUT2D eigenvalue weighted by Gasteiger charge is -2.36. The van der Waals surface area contributed by atoms with Gasteiger partial charge in [0.25, 0.3) is 0 Å². The Morgan fingerprint density at radius 1 is 1.20 bits per heavy atom. The summed E-state index contributed by atoms with van der Waals surface area (Å²) >= 11 is 0. The molecule has 0 amide bonds. The van der Waals surface area contributed by atoms with Crippen molar-refractivity contribution >= 4 is 0 Å². The van der Waals surface area contributed by atoms with Crippen molar-refractivity contribution in [3.05, 3.63) is 0 Å². The number of unbranched alkanes of at least 4 members (excludes halogenated alkanes) is 1. The van der Waals surface area contributed by atoms with Crippen molar-refractivity contribution in [2.75, 3.05) is 39.8 Å². The molecule has 0 radical (unpaired) electrons. The van der Waals surface area contributed by atoms with E-state index in [1.165, 1.54) is 64.7 Å². The Morgan fingerprint density at radius 3 is 2.50 bits per heavy atom. The molecule has 1 fully saturated rings. The van der Waals surface area contributed by atoms with Gasteiger partial charge in [0.15, 0.2) is 0 Å². The summed E-state index contributed by atoms with van der Waals surface area (Å²) in [5.74, 6) is 0. The summed E-state index contributed by atoms with van der Waals surface area (Å²) in [6.45, 7) is 13.1. The van der Waals surface area contributed by atoms with Crippen molar-refractivity contribution in [2.24, 2.45) is 0 Å². The van der Waals surface area contributed by atoms with Gasteiger partial charge in [0.1, 0.15) is 0 Å². The Hall–Kier alpha value is -0.120. The van der Waals surface area contributed by atoms with E-state index in [9.17, 15) is 0 Å². The van der Waals surface area contributed by atoms with Gasteiger partial charge in [0, 0.05) is 12.1 Å². The van der Waals surface area contributed by atoms with Gasteiger partial charge in [-0.1, -0.05) is 20.3 Å². The first kappa shape index (κ1) is 17.9. The minimum atomic E-state index is 0.688. The molecule has 1 unspecified atom stereocenters. The third-order valence-electron chi connectivity index (χ3n) is 4.77. The average molecular weight is 284 g/mol. The molecule has 0 saturated carbocycles. The van der Waals surface area contributed by atoms with Gasteiger partial charge >= 0.3 is 0 Å². The van der Waals surface area contributed by atoms with Crippen LogP contribution in [0.25, 0.3) is 0 Å². The van der Waals surface area contributed by atoms with Crippen LogP contribution in [-0.4, -0.2) is 61.7 Å². The second kappa shape index (κ2) is 10.6. The van der Waals surface area contributed by atoms with Crippen LogP contribution in [0.15, 0.2) is 0 Å². The number of nitrogens with zero attached hydrogens (tertiary/aromatic N) is 2. The van der Waals surface area contributed by atoms with Gasteiger partial charge in [0.2, 0.25) is 0 Å². The largest absolute Gasteiger partial charge is 0.314 e. The van der Waals surface area contributed by atoms with E-state index in [-0.39, 0.29) is 0 Å². The van der Waals surface area contributed by atoms with E-state index in [0.717, 1.165) is 12.6 Å². The summed E-state index contributed by atoms with van der Waals surface area (Å²) < 4.78 is 0. The van der Waals surface area contributed by atoms with Gasteiger partial charge < -0.3 is 15.1 Å². The lowest BCUT2D eigenvalue weighted by atomic mass is 10.0. The van der Waals surface area contributed by atoms with Crippen molar-refractivity contribution in [1.82, 2.24) is 15.1 Å². The Balaban J connectivity index is 2.04. The van der Waals surface area contributed by atoms with Gasteiger partial charge in [-0.05, 0) is 78.8 Å². The maximum absolute atomic E-state index is 3.58. The van der Waals surface area contributed by atoms with Crippen LogP contribution in [0.5, 0.6) is 0 Å². The predicted molar refractivity (Wildman–Crippen MR) is 89.4 cm³/mol. The summed E-state index contributed by atoms with van der Waals surface area (Å²) in [5, 5.41) is 3.58. The number of nitrogens with one attached hydrogen (secondary N) is 1. The maximum Gasteiger partial charge on any atom is 0.0117 e. The first-order chi connectivity index (χ1) is 9.67. The predicted octanol–water partition coefficient (Wildman–Crippen LogP) is 2.96. The third-order valence-corrected chi connectivity index (χ3v) is 4.77. The molecule has 1 rings (SSSR count). The lowest BCUT2D eigenvalue weighted by Crippen LogP contribution is -2.43. The standard InChI is InChI=1S/C17H37N3/c1-5-12-18-16(3)9-7-8-13-19(4)17-10-14-20(6-2)15-11-17/h16-18H,5-15H2,1-4H3. The normalized spacial score (nSPS) is 19.6. The molecular weight excluding hydrogens is 246 g/mol. The molecule has 3 nitrogen and oxygen atoms in total. The van der Waals surface area contributed by atoms with E-state index < -0.39 is 0 Å². The van der Waals surface area contributed by atoms with Crippen LogP contribution in [0, 0.1) is 0 Å². The molecule has 0 spiro atoms. The van der Waals surface area contributed by atoms with Gasteiger partial charge in [-0.2, -0.15) is 0 Å². The molecule has 3 heteroatoms. The zero-order valence-corrected chi connectivity index (χ0v) is 14.3. The highest BCUT2D eigenvalue weighted by Crippen LogP contribution is 2.15. The quantitative estimate of drug-likeness (QED) is 0.622. The summed E-state index contributed by atoms with van der Waals surface area (Å²) in [4.78, 5) is 5.18. The van der Waals surface area contributed by atoms with Gasteiger partial charge in [-0.3, -0.25) is 0 Å². The molecular formula is C17H37N3. The summed E-state index contributed by atoms with van der Waals surface area (Å²) in [5.41, 5.74) is 0. The molecule has 0 aromatic rings. The van der Waals surface area contributed by atoms with E-state index in [1.807, 2.05) is 0 Å². The Morgan fingerprint density at radius 2 is 1.90 bits per heavy atom. The monoisotopic (exact) mass is 283 g/mol. The molecule has 1 aliphatic heterocycles. The highest BCUT2D eigenvalue weighted by atomic mass is 15.2. The highest BCUT2D eigenvalue weighted by Gasteiger charge is 2.20. The van der Waals surface area contributed by atoms with E-state index in [2.05, 4.69) is 42.9 Å². The smallest absolute Gasteiger partial charge is 0.0117 e. The SMILES string of the molecule is CCCNC(C)CCCCN(C)C1CCN(CC)CC1. The fourth-order valence-electron chi connectivity index (χ4n) is 3.16. The van der Waals surface area contributed by atoms with Crippen LogP contribution in [0.2, 0.25) is 0 Å². The van der Waals surface area contributed by atoms with Crippen molar-refractivity contribution < 1.29 is 0 Å². The van der Waals surface area contributed by atoms with E-state index in [4.69, 9.17) is 0 Å². The molecule has 0 bridgehead atoms.